The molecule has 140 valence electrons. The topological polar surface area (TPSA) is 75.7 Å². The van der Waals surface area contributed by atoms with Crippen molar-refractivity contribution in [2.45, 2.75) is 19.0 Å². The number of benzene rings is 2. The molecule has 0 fully saturated rings. The van der Waals surface area contributed by atoms with Crippen molar-refractivity contribution in [2.75, 3.05) is 13.7 Å². The Labute approximate surface area is 165 Å². The molecule has 0 aromatic heterocycles. The van der Waals surface area contributed by atoms with Crippen molar-refractivity contribution in [2.24, 2.45) is 0 Å². The Bertz CT molecular complexity index is 867. The predicted molar refractivity (Wildman–Crippen MR) is 103 cm³/mol. The summed E-state index contributed by atoms with van der Waals surface area (Å²) >= 11 is 3.31. The first kappa shape index (κ1) is 19.1. The normalized spacial score (nSPS) is 15.6. The van der Waals surface area contributed by atoms with E-state index in [4.69, 9.17) is 4.74 Å². The lowest BCUT2D eigenvalue weighted by Crippen LogP contribution is -2.52. The molecule has 1 N–H and O–H groups in total. The number of hydrogen-bond donors (Lipinski definition) is 1. The Morgan fingerprint density at radius 3 is 2.44 bits per heavy atom. The van der Waals surface area contributed by atoms with E-state index in [9.17, 15) is 14.4 Å². The van der Waals surface area contributed by atoms with E-state index in [2.05, 4.69) is 21.2 Å². The van der Waals surface area contributed by atoms with Crippen LogP contribution in [0.1, 0.15) is 21.5 Å². The Hall–Kier alpha value is -2.67. The van der Waals surface area contributed by atoms with Gasteiger partial charge in [0.05, 0.1) is 13.7 Å². The zero-order chi connectivity index (χ0) is 19.4. The molecule has 1 aliphatic heterocycles. The molecule has 6 nitrogen and oxygen atoms in total. The minimum Gasteiger partial charge on any atom is -0.467 e. The molecule has 0 radical (unpaired) electrons. The van der Waals surface area contributed by atoms with Crippen molar-refractivity contribution in [3.63, 3.8) is 0 Å². The van der Waals surface area contributed by atoms with E-state index in [0.29, 0.717) is 18.5 Å². The Kier molecular flexibility index (Phi) is 5.91. The van der Waals surface area contributed by atoms with Crippen LogP contribution in [-0.4, -0.2) is 42.4 Å². The molecule has 1 heterocycles. The van der Waals surface area contributed by atoms with E-state index >= 15 is 0 Å². The number of ether oxygens (including phenoxy) is 1. The number of nitrogens with zero attached hydrogens (tertiary/aromatic N) is 1. The van der Waals surface area contributed by atoms with Gasteiger partial charge < -0.3 is 15.0 Å². The first-order valence-electron chi connectivity index (χ1n) is 8.47. The highest BCUT2D eigenvalue weighted by Crippen LogP contribution is 2.24. The molecule has 2 aromatic rings. The highest BCUT2D eigenvalue weighted by Gasteiger charge is 2.35. The molecule has 0 saturated heterocycles. The Morgan fingerprint density at radius 1 is 1.11 bits per heavy atom. The van der Waals surface area contributed by atoms with Crippen LogP contribution in [0.25, 0.3) is 0 Å². The highest BCUT2D eigenvalue weighted by molar-refractivity contribution is 9.10. The molecule has 0 aliphatic carbocycles. The van der Waals surface area contributed by atoms with Crippen LogP contribution in [0.2, 0.25) is 0 Å². The van der Waals surface area contributed by atoms with Crippen molar-refractivity contribution in [3.8, 4) is 0 Å². The summed E-state index contributed by atoms with van der Waals surface area (Å²) in [7, 11) is 1.31. The van der Waals surface area contributed by atoms with Crippen LogP contribution < -0.4 is 5.32 Å². The number of amides is 2. The first-order valence-corrected chi connectivity index (χ1v) is 9.26. The Morgan fingerprint density at radius 2 is 1.78 bits per heavy atom. The molecule has 0 saturated carbocycles. The number of esters is 1. The van der Waals surface area contributed by atoms with E-state index in [0.717, 1.165) is 15.6 Å². The van der Waals surface area contributed by atoms with Gasteiger partial charge in [-0.1, -0.05) is 40.2 Å². The number of halogens is 1. The molecule has 1 atom stereocenters. The summed E-state index contributed by atoms with van der Waals surface area (Å²) in [5, 5.41) is 2.62. The summed E-state index contributed by atoms with van der Waals surface area (Å²) in [6.07, 6.45) is 0.398. The minimum absolute atomic E-state index is 0.190. The number of carbonyl (C=O) groups is 3. The predicted octanol–water partition coefficient (Wildman–Crippen LogP) is 2.31. The summed E-state index contributed by atoms with van der Waals surface area (Å²) in [6, 6.07) is 13.8. The average molecular weight is 431 g/mol. The fraction of sp³-hybridized carbons (Fsp3) is 0.250. The van der Waals surface area contributed by atoms with Gasteiger partial charge in [0.15, 0.2) is 0 Å². The fourth-order valence-corrected chi connectivity index (χ4v) is 3.36. The molecule has 27 heavy (non-hydrogen) atoms. The molecular weight excluding hydrogens is 412 g/mol. The molecule has 0 bridgehead atoms. The second-order valence-electron chi connectivity index (χ2n) is 6.22. The molecule has 0 spiro atoms. The van der Waals surface area contributed by atoms with Crippen LogP contribution in [0.5, 0.6) is 0 Å². The van der Waals surface area contributed by atoms with Gasteiger partial charge in [-0.3, -0.25) is 9.59 Å². The van der Waals surface area contributed by atoms with Gasteiger partial charge >= 0.3 is 5.97 Å². The third-order valence-electron chi connectivity index (χ3n) is 4.55. The SMILES string of the molecule is COC(=O)C1Cc2ccccc2CN1C(=O)CNC(=O)c1ccc(Br)cc1. The summed E-state index contributed by atoms with van der Waals surface area (Å²) in [6.45, 7) is 0.119. The van der Waals surface area contributed by atoms with Gasteiger partial charge in [0.2, 0.25) is 5.91 Å². The molecule has 7 heteroatoms. The van der Waals surface area contributed by atoms with Crippen LogP contribution in [0, 0.1) is 0 Å². The maximum atomic E-state index is 12.7. The summed E-state index contributed by atoms with van der Waals surface area (Å²) in [4.78, 5) is 38.6. The molecule has 1 aliphatic rings. The van der Waals surface area contributed by atoms with Crippen molar-refractivity contribution in [1.82, 2.24) is 10.2 Å². The zero-order valence-corrected chi connectivity index (χ0v) is 16.4. The number of rotatable bonds is 4. The van der Waals surface area contributed by atoms with Crippen LogP contribution >= 0.6 is 15.9 Å². The minimum atomic E-state index is -0.693. The van der Waals surface area contributed by atoms with E-state index in [1.807, 2.05) is 24.3 Å². The summed E-state index contributed by atoms with van der Waals surface area (Å²) < 4.78 is 5.73. The van der Waals surface area contributed by atoms with Crippen LogP contribution in [0.15, 0.2) is 53.0 Å². The van der Waals surface area contributed by atoms with Crippen molar-refractivity contribution < 1.29 is 19.1 Å². The lowest BCUT2D eigenvalue weighted by atomic mass is 9.94. The lowest BCUT2D eigenvalue weighted by Gasteiger charge is -2.35. The molecule has 1 unspecified atom stereocenters. The maximum absolute atomic E-state index is 12.7. The third-order valence-corrected chi connectivity index (χ3v) is 5.08. The maximum Gasteiger partial charge on any atom is 0.328 e. The van der Waals surface area contributed by atoms with Gasteiger partial charge in [0.1, 0.15) is 6.04 Å². The fourth-order valence-electron chi connectivity index (χ4n) is 3.09. The average Bonchev–Trinajstić information content (AvgIpc) is 2.70. The van der Waals surface area contributed by atoms with Crippen molar-refractivity contribution in [3.05, 3.63) is 69.7 Å². The number of fused-ring (bicyclic) bond motifs is 1. The standard InChI is InChI=1S/C20H19BrN2O4/c1-27-20(26)17-10-14-4-2-3-5-15(14)12-23(17)18(24)11-22-19(25)13-6-8-16(21)9-7-13/h2-9,17H,10-12H2,1H3,(H,22,25). The second-order valence-corrected chi connectivity index (χ2v) is 7.14. The summed E-state index contributed by atoms with van der Waals surface area (Å²) in [5.74, 6) is -1.13. The zero-order valence-electron chi connectivity index (χ0n) is 14.8. The van der Waals surface area contributed by atoms with Gasteiger partial charge in [-0.15, -0.1) is 0 Å². The van der Waals surface area contributed by atoms with Crippen LogP contribution in [0.3, 0.4) is 0 Å². The number of carbonyl (C=O) groups excluding carboxylic acids is 3. The van der Waals surface area contributed by atoms with E-state index in [1.165, 1.54) is 12.0 Å². The Balaban J connectivity index is 1.70. The van der Waals surface area contributed by atoms with E-state index < -0.39 is 12.0 Å². The van der Waals surface area contributed by atoms with Crippen LogP contribution in [0.4, 0.5) is 0 Å². The van der Waals surface area contributed by atoms with Gasteiger partial charge in [-0.25, -0.2) is 4.79 Å². The largest absolute Gasteiger partial charge is 0.467 e. The smallest absolute Gasteiger partial charge is 0.328 e. The van der Waals surface area contributed by atoms with E-state index in [1.54, 1.807) is 24.3 Å². The highest BCUT2D eigenvalue weighted by atomic mass is 79.9. The summed E-state index contributed by atoms with van der Waals surface area (Å²) in [5.41, 5.74) is 2.47. The van der Waals surface area contributed by atoms with Gasteiger partial charge in [0, 0.05) is 23.0 Å². The van der Waals surface area contributed by atoms with Gasteiger partial charge in [-0.05, 0) is 35.4 Å². The lowest BCUT2D eigenvalue weighted by molar-refractivity contribution is -0.153. The van der Waals surface area contributed by atoms with Crippen molar-refractivity contribution >= 4 is 33.7 Å². The molecule has 2 amide bonds. The molecular formula is C20H19BrN2O4. The first-order chi connectivity index (χ1) is 13.0. The second kappa shape index (κ2) is 8.35. The van der Waals surface area contributed by atoms with Gasteiger partial charge in [0.25, 0.3) is 5.91 Å². The number of nitrogens with one attached hydrogen (secondary N) is 1. The quantitative estimate of drug-likeness (QED) is 0.755. The number of hydrogen-bond acceptors (Lipinski definition) is 4. The molecule has 3 rings (SSSR count). The van der Waals surface area contributed by atoms with Crippen molar-refractivity contribution in [1.29, 1.82) is 0 Å². The molecule has 2 aromatic carbocycles. The van der Waals surface area contributed by atoms with E-state index in [-0.39, 0.29) is 18.4 Å². The third kappa shape index (κ3) is 4.36. The van der Waals surface area contributed by atoms with Crippen LogP contribution in [-0.2, 0) is 27.3 Å². The monoisotopic (exact) mass is 430 g/mol. The number of methoxy groups -OCH3 is 1. The van der Waals surface area contributed by atoms with Gasteiger partial charge in [-0.2, -0.15) is 0 Å².